The van der Waals surface area contributed by atoms with Gasteiger partial charge in [0.05, 0.1) is 0 Å². The number of hydrogen-bond donors (Lipinski definition) is 0. The highest BCUT2D eigenvalue weighted by atomic mass is 16.5. The van der Waals surface area contributed by atoms with E-state index in [1.165, 1.54) is 10.9 Å². The smallest absolute Gasteiger partial charge is 0.276 e. The van der Waals surface area contributed by atoms with E-state index in [0.29, 0.717) is 30.5 Å². The van der Waals surface area contributed by atoms with Gasteiger partial charge >= 0.3 is 0 Å². The Labute approximate surface area is 158 Å². The second-order valence-corrected chi connectivity index (χ2v) is 7.43. The molecule has 140 valence electrons. The maximum absolute atomic E-state index is 12.9. The van der Waals surface area contributed by atoms with Crippen LogP contribution in [0.15, 0.2) is 47.2 Å². The molecule has 4 rings (SSSR count). The maximum Gasteiger partial charge on any atom is 0.276 e. The summed E-state index contributed by atoms with van der Waals surface area (Å²) in [5, 5.41) is 6.30. The first-order valence-corrected chi connectivity index (χ1v) is 9.33. The van der Waals surface area contributed by atoms with Crippen molar-refractivity contribution in [3.8, 4) is 0 Å². The molecule has 6 heteroatoms. The third-order valence-corrected chi connectivity index (χ3v) is 5.19. The van der Waals surface area contributed by atoms with Gasteiger partial charge in [-0.3, -0.25) is 9.78 Å². The van der Waals surface area contributed by atoms with Crippen molar-refractivity contribution in [3.63, 3.8) is 0 Å². The Bertz CT molecular complexity index is 947. The van der Waals surface area contributed by atoms with Gasteiger partial charge in [-0.2, -0.15) is 0 Å². The molecule has 0 aliphatic carbocycles. The summed E-state index contributed by atoms with van der Waals surface area (Å²) in [5.74, 6) is 0.939. The first kappa shape index (κ1) is 17.7. The number of aromatic nitrogens is 2. The minimum absolute atomic E-state index is 0.0526. The summed E-state index contributed by atoms with van der Waals surface area (Å²) in [5.41, 5.74) is 1.63. The molecule has 1 fully saturated rings. The Morgan fingerprint density at radius 3 is 2.89 bits per heavy atom. The van der Waals surface area contributed by atoms with Gasteiger partial charge in [-0.05, 0) is 37.3 Å². The van der Waals surface area contributed by atoms with E-state index in [2.05, 4.69) is 40.3 Å². The molecule has 1 aromatic carbocycles. The number of fused-ring (bicyclic) bond motifs is 1. The number of rotatable bonds is 3. The zero-order valence-electron chi connectivity index (χ0n) is 15.8. The number of carbonyl (C=O) groups excluding carboxylic acids is 1. The fraction of sp³-hybridized carbons (Fsp3) is 0.381. The van der Waals surface area contributed by atoms with Crippen molar-refractivity contribution in [1.29, 1.82) is 0 Å². The average molecular weight is 364 g/mol. The molecule has 1 aliphatic heterocycles. The molecule has 0 radical (unpaired) electrons. The van der Waals surface area contributed by atoms with Crippen LogP contribution in [0.5, 0.6) is 0 Å². The van der Waals surface area contributed by atoms with E-state index in [9.17, 15) is 4.79 Å². The van der Waals surface area contributed by atoms with Crippen LogP contribution in [-0.2, 0) is 6.42 Å². The van der Waals surface area contributed by atoms with E-state index >= 15 is 0 Å². The lowest BCUT2D eigenvalue weighted by atomic mass is 9.96. The highest BCUT2D eigenvalue weighted by Crippen LogP contribution is 2.22. The number of hydrogen-bond acceptors (Lipinski definition) is 5. The van der Waals surface area contributed by atoms with Gasteiger partial charge in [-0.15, -0.1) is 0 Å². The normalized spacial score (nSPS) is 18.6. The molecule has 2 aromatic heterocycles. The second-order valence-electron chi connectivity index (χ2n) is 7.43. The lowest BCUT2D eigenvalue weighted by molar-refractivity contribution is 0.0736. The van der Waals surface area contributed by atoms with Gasteiger partial charge < -0.3 is 14.3 Å². The zero-order valence-corrected chi connectivity index (χ0v) is 15.8. The van der Waals surface area contributed by atoms with Crippen LogP contribution in [0, 0.1) is 12.8 Å². The topological polar surface area (TPSA) is 62.5 Å². The third-order valence-electron chi connectivity index (χ3n) is 5.19. The maximum atomic E-state index is 12.9. The van der Waals surface area contributed by atoms with Crippen LogP contribution in [0.4, 0.5) is 0 Å². The van der Waals surface area contributed by atoms with Crippen LogP contribution in [0.1, 0.15) is 21.8 Å². The van der Waals surface area contributed by atoms with Crippen molar-refractivity contribution >= 4 is 16.7 Å². The zero-order chi connectivity index (χ0) is 18.8. The number of pyridine rings is 1. The molecule has 27 heavy (non-hydrogen) atoms. The van der Waals surface area contributed by atoms with Crippen LogP contribution >= 0.6 is 0 Å². The van der Waals surface area contributed by atoms with Crippen LogP contribution in [0.2, 0.25) is 0 Å². The Hall–Kier alpha value is -2.73. The summed E-state index contributed by atoms with van der Waals surface area (Å²) < 4.78 is 5.08. The van der Waals surface area contributed by atoms with Gasteiger partial charge in [0.1, 0.15) is 5.76 Å². The quantitative estimate of drug-likeness (QED) is 0.715. The summed E-state index contributed by atoms with van der Waals surface area (Å²) in [6, 6.07) is 10.0. The molecule has 6 nitrogen and oxygen atoms in total. The minimum atomic E-state index is -0.0526. The Morgan fingerprint density at radius 2 is 2.07 bits per heavy atom. The molecule has 3 heterocycles. The summed E-state index contributed by atoms with van der Waals surface area (Å²) in [6.45, 7) is 5.01. The molecule has 1 aliphatic rings. The predicted molar refractivity (Wildman–Crippen MR) is 104 cm³/mol. The van der Waals surface area contributed by atoms with Crippen molar-refractivity contribution in [2.45, 2.75) is 13.3 Å². The summed E-state index contributed by atoms with van der Waals surface area (Å²) >= 11 is 0. The first-order chi connectivity index (χ1) is 13.1. The van der Waals surface area contributed by atoms with Gasteiger partial charge in [-0.1, -0.05) is 29.4 Å². The van der Waals surface area contributed by atoms with Crippen molar-refractivity contribution in [2.24, 2.45) is 5.92 Å². The number of nitrogens with zero attached hydrogens (tertiary/aromatic N) is 4. The van der Waals surface area contributed by atoms with Crippen molar-refractivity contribution < 1.29 is 9.32 Å². The van der Waals surface area contributed by atoms with Crippen LogP contribution in [0.3, 0.4) is 0 Å². The van der Waals surface area contributed by atoms with Crippen LogP contribution in [-0.4, -0.2) is 59.1 Å². The molecule has 0 bridgehead atoms. The predicted octanol–water partition coefficient (Wildman–Crippen LogP) is 2.78. The van der Waals surface area contributed by atoms with Crippen LogP contribution in [0.25, 0.3) is 10.8 Å². The fourth-order valence-electron chi connectivity index (χ4n) is 3.88. The first-order valence-electron chi connectivity index (χ1n) is 9.33. The highest BCUT2D eigenvalue weighted by molar-refractivity contribution is 5.92. The van der Waals surface area contributed by atoms with Gasteiger partial charge in [0.15, 0.2) is 5.69 Å². The van der Waals surface area contributed by atoms with Crippen molar-refractivity contribution in [3.05, 3.63) is 59.7 Å². The number of benzene rings is 1. The fourth-order valence-corrected chi connectivity index (χ4v) is 3.88. The Kier molecular flexibility index (Phi) is 4.90. The molecule has 0 spiro atoms. The van der Waals surface area contributed by atoms with Crippen molar-refractivity contribution in [1.82, 2.24) is 19.9 Å². The lowest BCUT2D eigenvalue weighted by Gasteiger charge is -2.23. The van der Waals surface area contributed by atoms with Gasteiger partial charge in [-0.25, -0.2) is 0 Å². The molecule has 1 saturated heterocycles. The van der Waals surface area contributed by atoms with E-state index < -0.39 is 0 Å². The van der Waals surface area contributed by atoms with Gasteiger partial charge in [0, 0.05) is 50.0 Å². The largest absolute Gasteiger partial charge is 0.361 e. The Morgan fingerprint density at radius 1 is 1.22 bits per heavy atom. The molecule has 1 amide bonds. The van der Waals surface area contributed by atoms with E-state index in [0.717, 1.165) is 24.9 Å². The molecule has 0 saturated carbocycles. The van der Waals surface area contributed by atoms with E-state index in [-0.39, 0.29) is 5.91 Å². The number of carbonyl (C=O) groups is 1. The third kappa shape index (κ3) is 3.85. The molecule has 1 unspecified atom stereocenters. The number of likely N-dealkylation sites (N-methyl/N-ethyl adjacent to an activating group) is 1. The molecular formula is C21H24N4O2. The van der Waals surface area contributed by atoms with E-state index in [1.54, 1.807) is 13.0 Å². The van der Waals surface area contributed by atoms with Crippen molar-refractivity contribution in [2.75, 3.05) is 33.2 Å². The molecular weight excluding hydrogens is 340 g/mol. The number of aryl methyl sites for hydroxylation is 1. The van der Waals surface area contributed by atoms with E-state index in [1.807, 2.05) is 23.4 Å². The van der Waals surface area contributed by atoms with Crippen LogP contribution < -0.4 is 0 Å². The summed E-state index contributed by atoms with van der Waals surface area (Å²) in [7, 11) is 2.11. The monoisotopic (exact) mass is 364 g/mol. The highest BCUT2D eigenvalue weighted by Gasteiger charge is 2.27. The second kappa shape index (κ2) is 7.48. The molecule has 0 N–H and O–H groups in total. The molecule has 3 aromatic rings. The van der Waals surface area contributed by atoms with Gasteiger partial charge in [0.2, 0.25) is 0 Å². The average Bonchev–Trinajstić information content (AvgIpc) is 3.02. The minimum Gasteiger partial charge on any atom is -0.361 e. The van der Waals surface area contributed by atoms with Gasteiger partial charge in [0.25, 0.3) is 5.91 Å². The number of amides is 1. The lowest BCUT2D eigenvalue weighted by Crippen LogP contribution is -2.36. The standard InChI is InChI=1S/C21H24N4O2/c1-15-9-20(23-27-15)21(26)25-8-7-24(2)13-16(14-25)10-18-12-22-11-17-5-3-4-6-19(17)18/h3-6,9,11-12,16H,7-8,10,13-14H2,1-2H3. The SMILES string of the molecule is Cc1cc(C(=O)N2CCN(C)CC(Cc3cncc4ccccc34)C2)no1. The summed E-state index contributed by atoms with van der Waals surface area (Å²) in [4.78, 5) is 21.5. The summed E-state index contributed by atoms with van der Waals surface area (Å²) in [6.07, 6.45) is 4.75. The molecule has 1 atom stereocenters. The Balaban J connectivity index is 1.56. The van der Waals surface area contributed by atoms with E-state index in [4.69, 9.17) is 4.52 Å².